The standard InChI is InChI=1S/C20H20N2O2/c21-19(23)12-11-17(13-15-7-3-1-4-8-15)18(20(22)24)14-16-9-5-2-6-10-16/h1-10,13-14H,11-12H2,(H2,21,23)(H2,22,24). The van der Waals surface area contributed by atoms with E-state index in [1.54, 1.807) is 6.08 Å². The van der Waals surface area contributed by atoms with Gasteiger partial charge in [0.2, 0.25) is 11.8 Å². The fourth-order valence-electron chi connectivity index (χ4n) is 2.33. The van der Waals surface area contributed by atoms with Gasteiger partial charge in [-0.3, -0.25) is 9.59 Å². The maximum Gasteiger partial charge on any atom is 0.248 e. The van der Waals surface area contributed by atoms with E-state index in [9.17, 15) is 9.59 Å². The second kappa shape index (κ2) is 8.48. The first-order valence-corrected chi connectivity index (χ1v) is 7.67. The lowest BCUT2D eigenvalue weighted by Crippen LogP contribution is -2.17. The molecule has 0 heterocycles. The minimum Gasteiger partial charge on any atom is -0.370 e. The zero-order valence-electron chi connectivity index (χ0n) is 13.3. The topological polar surface area (TPSA) is 86.2 Å². The molecule has 0 saturated heterocycles. The average Bonchev–Trinajstić information content (AvgIpc) is 2.58. The molecule has 122 valence electrons. The number of carbonyl (C=O) groups is 2. The van der Waals surface area contributed by atoms with Gasteiger partial charge in [0.15, 0.2) is 0 Å². The summed E-state index contributed by atoms with van der Waals surface area (Å²) in [7, 11) is 0. The van der Waals surface area contributed by atoms with Crippen molar-refractivity contribution in [1.29, 1.82) is 0 Å². The highest BCUT2D eigenvalue weighted by molar-refractivity contribution is 6.02. The van der Waals surface area contributed by atoms with Crippen LogP contribution in [0.4, 0.5) is 0 Å². The van der Waals surface area contributed by atoms with Gasteiger partial charge < -0.3 is 11.5 Å². The average molecular weight is 320 g/mol. The van der Waals surface area contributed by atoms with Crippen molar-refractivity contribution in [3.8, 4) is 0 Å². The van der Waals surface area contributed by atoms with Gasteiger partial charge in [-0.05, 0) is 29.2 Å². The van der Waals surface area contributed by atoms with E-state index in [1.165, 1.54) is 0 Å². The molecule has 4 nitrogen and oxygen atoms in total. The molecule has 0 aliphatic carbocycles. The molecule has 4 heteroatoms. The fraction of sp³-hybridized carbons (Fsp3) is 0.100. The number of nitrogens with two attached hydrogens (primary N) is 2. The van der Waals surface area contributed by atoms with Crippen LogP contribution in [0.1, 0.15) is 24.0 Å². The lowest BCUT2D eigenvalue weighted by atomic mass is 9.95. The zero-order valence-corrected chi connectivity index (χ0v) is 13.3. The zero-order chi connectivity index (χ0) is 17.4. The molecular weight excluding hydrogens is 300 g/mol. The smallest absolute Gasteiger partial charge is 0.248 e. The van der Waals surface area contributed by atoms with Gasteiger partial charge in [0.25, 0.3) is 0 Å². The molecule has 0 aromatic heterocycles. The lowest BCUT2D eigenvalue weighted by molar-refractivity contribution is -0.118. The van der Waals surface area contributed by atoms with Crippen LogP contribution in [0.15, 0.2) is 71.8 Å². The van der Waals surface area contributed by atoms with Crippen LogP contribution in [0.3, 0.4) is 0 Å². The van der Waals surface area contributed by atoms with E-state index in [0.29, 0.717) is 17.6 Å². The van der Waals surface area contributed by atoms with Crippen LogP contribution >= 0.6 is 0 Å². The van der Waals surface area contributed by atoms with Crippen LogP contribution in [0.2, 0.25) is 0 Å². The van der Waals surface area contributed by atoms with Crippen molar-refractivity contribution in [2.45, 2.75) is 12.8 Å². The van der Waals surface area contributed by atoms with Gasteiger partial charge >= 0.3 is 0 Å². The number of amides is 2. The Hall–Kier alpha value is -3.14. The Labute approximate surface area is 141 Å². The van der Waals surface area contributed by atoms with Crippen LogP contribution in [0, 0.1) is 0 Å². The monoisotopic (exact) mass is 320 g/mol. The second-order valence-corrected chi connectivity index (χ2v) is 5.38. The van der Waals surface area contributed by atoms with Crippen molar-refractivity contribution in [2.24, 2.45) is 11.5 Å². The summed E-state index contributed by atoms with van der Waals surface area (Å²) >= 11 is 0. The number of rotatable bonds is 7. The van der Waals surface area contributed by atoms with E-state index in [0.717, 1.165) is 11.1 Å². The summed E-state index contributed by atoms with van der Waals surface area (Å²) in [5.74, 6) is -0.956. The Morgan fingerprint density at radius 2 is 1.25 bits per heavy atom. The summed E-state index contributed by atoms with van der Waals surface area (Å²) in [5, 5.41) is 0. The largest absolute Gasteiger partial charge is 0.370 e. The molecule has 0 spiro atoms. The number of primary amides is 2. The summed E-state index contributed by atoms with van der Waals surface area (Å²) < 4.78 is 0. The van der Waals surface area contributed by atoms with Crippen LogP contribution < -0.4 is 11.5 Å². The Bertz CT molecular complexity index is 763. The highest BCUT2D eigenvalue weighted by Gasteiger charge is 2.13. The van der Waals surface area contributed by atoms with E-state index in [2.05, 4.69) is 0 Å². The summed E-state index contributed by atoms with van der Waals surface area (Å²) in [4.78, 5) is 23.1. The van der Waals surface area contributed by atoms with Gasteiger partial charge in [0.05, 0.1) is 0 Å². The molecule has 0 aliphatic heterocycles. The highest BCUT2D eigenvalue weighted by Crippen LogP contribution is 2.22. The summed E-state index contributed by atoms with van der Waals surface area (Å²) in [6, 6.07) is 19.0. The van der Waals surface area contributed by atoms with E-state index in [1.807, 2.05) is 66.7 Å². The Balaban J connectivity index is 2.45. The molecule has 2 aromatic rings. The van der Waals surface area contributed by atoms with Crippen molar-refractivity contribution in [3.05, 3.63) is 82.9 Å². The van der Waals surface area contributed by atoms with Crippen molar-refractivity contribution in [2.75, 3.05) is 0 Å². The third kappa shape index (κ3) is 5.25. The van der Waals surface area contributed by atoms with Crippen LogP contribution in [-0.2, 0) is 9.59 Å². The fourth-order valence-corrected chi connectivity index (χ4v) is 2.33. The van der Waals surface area contributed by atoms with Crippen molar-refractivity contribution in [3.63, 3.8) is 0 Å². The maximum absolute atomic E-state index is 12.0. The van der Waals surface area contributed by atoms with E-state index >= 15 is 0 Å². The molecule has 2 amide bonds. The molecule has 0 radical (unpaired) electrons. The molecule has 0 aliphatic rings. The molecule has 0 fully saturated rings. The number of benzene rings is 2. The SMILES string of the molecule is NC(=O)CCC(=Cc1ccccc1)C(=Cc1ccccc1)C(N)=O. The number of carbonyl (C=O) groups excluding carboxylic acids is 2. The van der Waals surface area contributed by atoms with Crippen molar-refractivity contribution >= 4 is 24.0 Å². The minimum atomic E-state index is -0.537. The minimum absolute atomic E-state index is 0.151. The van der Waals surface area contributed by atoms with Gasteiger partial charge in [-0.1, -0.05) is 66.7 Å². The van der Waals surface area contributed by atoms with Crippen molar-refractivity contribution < 1.29 is 9.59 Å². The summed E-state index contributed by atoms with van der Waals surface area (Å²) in [6.07, 6.45) is 4.10. The van der Waals surface area contributed by atoms with Gasteiger partial charge in [-0.15, -0.1) is 0 Å². The molecule has 4 N–H and O–H groups in total. The first kappa shape index (κ1) is 17.2. The molecule has 0 saturated carbocycles. The molecule has 24 heavy (non-hydrogen) atoms. The number of hydrogen-bond acceptors (Lipinski definition) is 2. The third-order valence-corrected chi connectivity index (χ3v) is 3.50. The van der Waals surface area contributed by atoms with E-state index in [-0.39, 0.29) is 6.42 Å². The van der Waals surface area contributed by atoms with Crippen LogP contribution in [0.5, 0.6) is 0 Å². The molecule has 0 unspecified atom stereocenters. The van der Waals surface area contributed by atoms with Crippen LogP contribution in [0.25, 0.3) is 12.2 Å². The van der Waals surface area contributed by atoms with Crippen molar-refractivity contribution in [1.82, 2.24) is 0 Å². The number of hydrogen-bond donors (Lipinski definition) is 2. The summed E-state index contributed by atoms with van der Waals surface area (Å²) in [6.45, 7) is 0. The molecule has 2 rings (SSSR count). The Kier molecular flexibility index (Phi) is 6.08. The van der Waals surface area contributed by atoms with E-state index < -0.39 is 11.8 Å². The molecule has 0 atom stereocenters. The first-order chi connectivity index (χ1) is 11.6. The Morgan fingerprint density at radius 3 is 1.71 bits per heavy atom. The van der Waals surface area contributed by atoms with Crippen LogP contribution in [-0.4, -0.2) is 11.8 Å². The molecular formula is C20H20N2O2. The second-order valence-electron chi connectivity index (χ2n) is 5.38. The first-order valence-electron chi connectivity index (χ1n) is 7.67. The third-order valence-electron chi connectivity index (χ3n) is 3.50. The molecule has 2 aromatic carbocycles. The normalized spacial score (nSPS) is 12.0. The van der Waals surface area contributed by atoms with Gasteiger partial charge in [0, 0.05) is 12.0 Å². The Morgan fingerprint density at radius 1 is 0.750 bits per heavy atom. The van der Waals surface area contributed by atoms with Gasteiger partial charge in [0.1, 0.15) is 0 Å². The predicted octanol–water partition coefficient (Wildman–Crippen LogP) is 2.90. The highest BCUT2D eigenvalue weighted by atomic mass is 16.1. The maximum atomic E-state index is 12.0. The molecule has 0 bridgehead atoms. The quantitative estimate of drug-likeness (QED) is 0.607. The van der Waals surface area contributed by atoms with E-state index in [4.69, 9.17) is 11.5 Å². The lowest BCUT2D eigenvalue weighted by Gasteiger charge is -2.10. The van der Waals surface area contributed by atoms with Gasteiger partial charge in [-0.2, -0.15) is 0 Å². The van der Waals surface area contributed by atoms with Gasteiger partial charge in [-0.25, -0.2) is 0 Å². The predicted molar refractivity (Wildman–Crippen MR) is 96.5 cm³/mol. The summed E-state index contributed by atoms with van der Waals surface area (Å²) in [5.41, 5.74) is 13.7.